The van der Waals surface area contributed by atoms with Gasteiger partial charge in [-0.2, -0.15) is 10.1 Å². The van der Waals surface area contributed by atoms with Crippen LogP contribution >= 0.6 is 0 Å². The second-order valence-corrected chi connectivity index (χ2v) is 6.63. The van der Waals surface area contributed by atoms with Gasteiger partial charge in [0.05, 0.1) is 24.3 Å². The third kappa shape index (κ3) is 3.33. The molecule has 0 radical (unpaired) electrons. The van der Waals surface area contributed by atoms with E-state index in [2.05, 4.69) is 15.2 Å². The number of hydrogen-bond donors (Lipinski definition) is 0. The van der Waals surface area contributed by atoms with Crippen LogP contribution in [0.15, 0.2) is 16.9 Å². The van der Waals surface area contributed by atoms with Gasteiger partial charge >= 0.3 is 0 Å². The highest BCUT2D eigenvalue weighted by Gasteiger charge is 2.36. The average Bonchev–Trinajstić information content (AvgIpc) is 3.06. The third-order valence-electron chi connectivity index (χ3n) is 4.47. The van der Waals surface area contributed by atoms with Gasteiger partial charge in [-0.3, -0.25) is 9.48 Å². The first-order chi connectivity index (χ1) is 11.7. The minimum absolute atomic E-state index is 0.00688. The van der Waals surface area contributed by atoms with E-state index in [-0.39, 0.29) is 11.8 Å². The van der Waals surface area contributed by atoms with Crippen LogP contribution in [0, 0.1) is 5.92 Å². The molecule has 24 heavy (non-hydrogen) atoms. The number of likely N-dealkylation sites (tertiary alicyclic amines) is 1. The molecule has 2 aliphatic rings. The number of hydrogen-bond acceptors (Lipinski definition) is 6. The number of aryl methyl sites for hydroxylation is 1. The maximum Gasteiger partial charge on any atom is 0.257 e. The molecule has 2 aromatic heterocycles. The Bertz CT molecular complexity index is 715. The van der Waals surface area contributed by atoms with Crippen molar-refractivity contribution in [3.8, 4) is 0 Å². The molecule has 1 saturated heterocycles. The molecule has 1 amide bonds. The highest BCUT2D eigenvalue weighted by Crippen LogP contribution is 2.29. The Morgan fingerprint density at radius 2 is 2.25 bits per heavy atom. The lowest BCUT2D eigenvalue weighted by Crippen LogP contribution is -2.48. The molecule has 8 nitrogen and oxygen atoms in total. The molecule has 0 unspecified atom stereocenters. The Labute approximate surface area is 139 Å². The predicted molar refractivity (Wildman–Crippen MR) is 83.4 cm³/mol. The summed E-state index contributed by atoms with van der Waals surface area (Å²) in [6.07, 6.45) is 6.57. The summed E-state index contributed by atoms with van der Waals surface area (Å²) in [6.45, 7) is 2.69. The predicted octanol–water partition coefficient (Wildman–Crippen LogP) is 1.01. The second kappa shape index (κ2) is 6.35. The van der Waals surface area contributed by atoms with Crippen LogP contribution in [0.25, 0.3) is 0 Å². The lowest BCUT2D eigenvalue weighted by Gasteiger charge is -2.36. The molecule has 2 fully saturated rings. The van der Waals surface area contributed by atoms with E-state index in [0.29, 0.717) is 43.4 Å². The van der Waals surface area contributed by atoms with Gasteiger partial charge in [-0.15, -0.1) is 0 Å². The smallest absolute Gasteiger partial charge is 0.257 e. The van der Waals surface area contributed by atoms with Gasteiger partial charge < -0.3 is 14.2 Å². The standard InChI is InChI=1S/C16H21N5O3/c1-20-7-12(6-17-20)16(22)21-8-13(9-21)15-18-14(19-24-15)4-5-23-10-11-2-3-11/h6-7,11,13H,2-5,8-10H2,1H3. The number of ether oxygens (including phenoxy) is 1. The monoisotopic (exact) mass is 331 g/mol. The van der Waals surface area contributed by atoms with E-state index in [9.17, 15) is 4.79 Å². The van der Waals surface area contributed by atoms with Crippen LogP contribution < -0.4 is 0 Å². The van der Waals surface area contributed by atoms with Crippen molar-refractivity contribution in [2.45, 2.75) is 25.2 Å². The SMILES string of the molecule is Cn1cc(C(=O)N2CC(c3nc(CCOCC4CC4)no3)C2)cn1. The summed E-state index contributed by atoms with van der Waals surface area (Å²) in [4.78, 5) is 18.4. The summed E-state index contributed by atoms with van der Waals surface area (Å²) in [7, 11) is 1.80. The molecule has 0 aromatic carbocycles. The Hall–Kier alpha value is -2.22. The minimum atomic E-state index is -0.00688. The van der Waals surface area contributed by atoms with E-state index in [4.69, 9.17) is 9.26 Å². The largest absolute Gasteiger partial charge is 0.381 e. The van der Waals surface area contributed by atoms with Gasteiger partial charge in [-0.05, 0) is 18.8 Å². The zero-order valence-electron chi connectivity index (χ0n) is 13.7. The maximum atomic E-state index is 12.2. The Kier molecular flexibility index (Phi) is 4.05. The molecule has 0 atom stereocenters. The first kappa shape index (κ1) is 15.3. The van der Waals surface area contributed by atoms with Crippen molar-refractivity contribution in [3.63, 3.8) is 0 Å². The average molecular weight is 331 g/mol. The van der Waals surface area contributed by atoms with Crippen molar-refractivity contribution in [2.24, 2.45) is 13.0 Å². The van der Waals surface area contributed by atoms with Crippen LogP contribution in [-0.4, -0.2) is 57.0 Å². The fourth-order valence-corrected chi connectivity index (χ4v) is 2.75. The summed E-state index contributed by atoms with van der Waals surface area (Å²) in [5.41, 5.74) is 0.606. The van der Waals surface area contributed by atoms with Crippen LogP contribution in [0.5, 0.6) is 0 Å². The third-order valence-corrected chi connectivity index (χ3v) is 4.47. The highest BCUT2D eigenvalue weighted by molar-refractivity contribution is 5.94. The fraction of sp³-hybridized carbons (Fsp3) is 0.625. The van der Waals surface area contributed by atoms with Gasteiger partial charge in [0.1, 0.15) is 0 Å². The summed E-state index contributed by atoms with van der Waals surface area (Å²) < 4.78 is 12.5. The molecule has 8 heteroatoms. The van der Waals surface area contributed by atoms with Gasteiger partial charge in [0.25, 0.3) is 5.91 Å². The number of carbonyl (C=O) groups is 1. The molecule has 3 heterocycles. The summed E-state index contributed by atoms with van der Waals surface area (Å²) in [5.74, 6) is 2.18. The normalized spacial score (nSPS) is 18.0. The molecule has 0 bridgehead atoms. The van der Waals surface area contributed by atoms with Crippen LogP contribution in [0.4, 0.5) is 0 Å². The first-order valence-corrected chi connectivity index (χ1v) is 8.37. The van der Waals surface area contributed by atoms with Crippen molar-refractivity contribution in [1.29, 1.82) is 0 Å². The van der Waals surface area contributed by atoms with Crippen LogP contribution in [0.2, 0.25) is 0 Å². The Morgan fingerprint density at radius 1 is 1.42 bits per heavy atom. The van der Waals surface area contributed by atoms with Crippen LogP contribution in [-0.2, 0) is 18.2 Å². The van der Waals surface area contributed by atoms with E-state index in [1.54, 1.807) is 29.0 Å². The molecule has 128 valence electrons. The summed E-state index contributed by atoms with van der Waals surface area (Å²) in [6, 6.07) is 0. The second-order valence-electron chi connectivity index (χ2n) is 6.63. The zero-order valence-corrected chi connectivity index (χ0v) is 13.7. The number of carbonyl (C=O) groups excluding carboxylic acids is 1. The number of rotatable bonds is 7. The number of nitrogens with zero attached hydrogens (tertiary/aromatic N) is 5. The Balaban J connectivity index is 1.23. The van der Waals surface area contributed by atoms with E-state index in [0.717, 1.165) is 12.5 Å². The topological polar surface area (TPSA) is 86.3 Å². The van der Waals surface area contributed by atoms with Crippen molar-refractivity contribution < 1.29 is 14.1 Å². The van der Waals surface area contributed by atoms with Gasteiger partial charge in [-0.1, -0.05) is 5.16 Å². The molecule has 1 saturated carbocycles. The summed E-state index contributed by atoms with van der Waals surface area (Å²) >= 11 is 0. The van der Waals surface area contributed by atoms with E-state index < -0.39 is 0 Å². The van der Waals surface area contributed by atoms with E-state index >= 15 is 0 Å². The highest BCUT2D eigenvalue weighted by atomic mass is 16.5. The first-order valence-electron chi connectivity index (χ1n) is 8.37. The van der Waals surface area contributed by atoms with E-state index in [1.807, 2.05) is 0 Å². The maximum absolute atomic E-state index is 12.2. The fourth-order valence-electron chi connectivity index (χ4n) is 2.75. The molecule has 0 spiro atoms. The van der Waals surface area contributed by atoms with Crippen molar-refractivity contribution in [2.75, 3.05) is 26.3 Å². The van der Waals surface area contributed by atoms with Crippen LogP contribution in [0.1, 0.15) is 40.8 Å². The Morgan fingerprint density at radius 3 is 2.96 bits per heavy atom. The van der Waals surface area contributed by atoms with Gasteiger partial charge in [-0.25, -0.2) is 0 Å². The molecule has 4 rings (SSSR count). The van der Waals surface area contributed by atoms with Gasteiger partial charge in [0.2, 0.25) is 5.89 Å². The van der Waals surface area contributed by atoms with Gasteiger partial charge in [0.15, 0.2) is 5.82 Å². The molecule has 0 N–H and O–H groups in total. The minimum Gasteiger partial charge on any atom is -0.381 e. The molecule has 2 aromatic rings. The summed E-state index contributed by atoms with van der Waals surface area (Å²) in [5, 5.41) is 8.03. The van der Waals surface area contributed by atoms with Crippen molar-refractivity contribution >= 4 is 5.91 Å². The number of aromatic nitrogens is 4. The van der Waals surface area contributed by atoms with E-state index in [1.165, 1.54) is 12.8 Å². The molecule has 1 aliphatic heterocycles. The van der Waals surface area contributed by atoms with Crippen molar-refractivity contribution in [1.82, 2.24) is 24.8 Å². The molecular weight excluding hydrogens is 310 g/mol. The van der Waals surface area contributed by atoms with Crippen molar-refractivity contribution in [3.05, 3.63) is 29.7 Å². The quantitative estimate of drug-likeness (QED) is 0.704. The zero-order chi connectivity index (χ0) is 16.5. The lowest BCUT2D eigenvalue weighted by atomic mass is 9.99. The molecular formula is C16H21N5O3. The number of amides is 1. The van der Waals surface area contributed by atoms with Gasteiger partial charge in [0, 0.05) is 39.4 Å². The molecule has 1 aliphatic carbocycles. The van der Waals surface area contributed by atoms with Crippen LogP contribution in [0.3, 0.4) is 0 Å². The lowest BCUT2D eigenvalue weighted by molar-refractivity contribution is 0.0569.